The topological polar surface area (TPSA) is 0 Å². The molecule has 6 aromatic rings. The Bertz CT molecular complexity index is 1760. The van der Waals surface area contributed by atoms with Crippen LogP contribution in [0, 0.1) is 0 Å². The maximum Gasteiger partial charge on any atom is -0.00201 e. The Labute approximate surface area is 186 Å². The fourth-order valence-electron chi connectivity index (χ4n) is 6.05. The number of hydrogen-bond donors (Lipinski definition) is 0. The molecule has 0 atom stereocenters. The van der Waals surface area contributed by atoms with Gasteiger partial charge < -0.3 is 0 Å². The molecule has 0 N–H and O–H groups in total. The Morgan fingerprint density at radius 2 is 0.844 bits per heavy atom. The van der Waals surface area contributed by atoms with Crippen LogP contribution in [0.4, 0.5) is 0 Å². The fourth-order valence-corrected chi connectivity index (χ4v) is 6.05. The summed E-state index contributed by atoms with van der Waals surface area (Å²) in [7, 11) is 0. The van der Waals surface area contributed by atoms with E-state index in [0.29, 0.717) is 0 Å². The molecule has 0 bridgehead atoms. The molecule has 32 heavy (non-hydrogen) atoms. The van der Waals surface area contributed by atoms with Crippen molar-refractivity contribution in [3.05, 3.63) is 109 Å². The van der Waals surface area contributed by atoms with E-state index in [0.717, 1.165) is 0 Å². The lowest BCUT2D eigenvalue weighted by Gasteiger charge is -2.13. The second-order valence-electron chi connectivity index (χ2n) is 8.91. The van der Waals surface area contributed by atoms with Gasteiger partial charge in [-0.25, -0.2) is 0 Å². The molecule has 6 aromatic carbocycles. The molecule has 0 heterocycles. The van der Waals surface area contributed by atoms with E-state index in [1.165, 1.54) is 77.2 Å². The van der Waals surface area contributed by atoms with Crippen LogP contribution < -0.4 is 0 Å². The average molecular weight is 402 g/mol. The maximum atomic E-state index is 2.41. The van der Waals surface area contributed by atoms with Crippen LogP contribution >= 0.6 is 0 Å². The summed E-state index contributed by atoms with van der Waals surface area (Å²) in [5.74, 6) is 0. The highest BCUT2D eigenvalue weighted by Crippen LogP contribution is 2.53. The summed E-state index contributed by atoms with van der Waals surface area (Å²) in [6.07, 6.45) is 0. The van der Waals surface area contributed by atoms with E-state index >= 15 is 0 Å². The van der Waals surface area contributed by atoms with Crippen LogP contribution in [-0.4, -0.2) is 0 Å². The Morgan fingerprint density at radius 3 is 1.66 bits per heavy atom. The van der Waals surface area contributed by atoms with Gasteiger partial charge in [-0.1, -0.05) is 97.1 Å². The number of benzene rings is 6. The van der Waals surface area contributed by atoms with Gasteiger partial charge in [-0.05, 0) is 89.3 Å². The molecule has 0 radical (unpaired) electrons. The summed E-state index contributed by atoms with van der Waals surface area (Å²) >= 11 is 0. The van der Waals surface area contributed by atoms with E-state index < -0.39 is 0 Å². The van der Waals surface area contributed by atoms with Gasteiger partial charge in [0.15, 0.2) is 0 Å². The summed E-state index contributed by atoms with van der Waals surface area (Å²) in [4.78, 5) is 0. The predicted molar refractivity (Wildman–Crippen MR) is 136 cm³/mol. The Balaban J connectivity index is 1.47. The molecule has 0 nitrogen and oxygen atoms in total. The highest BCUT2D eigenvalue weighted by molar-refractivity contribution is 6.20. The predicted octanol–water partition coefficient (Wildman–Crippen LogP) is 8.95. The minimum Gasteiger partial charge on any atom is -0.0616 e. The van der Waals surface area contributed by atoms with Gasteiger partial charge in [0.05, 0.1) is 0 Å². The van der Waals surface area contributed by atoms with E-state index in [4.69, 9.17) is 0 Å². The van der Waals surface area contributed by atoms with E-state index in [2.05, 4.69) is 109 Å². The molecule has 0 aliphatic heterocycles. The zero-order chi connectivity index (χ0) is 20.8. The average Bonchev–Trinajstić information content (AvgIpc) is 3.36. The highest BCUT2D eigenvalue weighted by Gasteiger charge is 2.26. The van der Waals surface area contributed by atoms with Crippen molar-refractivity contribution in [1.29, 1.82) is 0 Å². The first-order chi connectivity index (χ1) is 15.9. The van der Waals surface area contributed by atoms with Crippen molar-refractivity contribution in [3.63, 3.8) is 0 Å². The van der Waals surface area contributed by atoms with Gasteiger partial charge in [0.2, 0.25) is 0 Å². The first kappa shape index (κ1) is 16.5. The molecule has 8 rings (SSSR count). The summed E-state index contributed by atoms with van der Waals surface area (Å²) in [6, 6.07) is 40.5. The third-order valence-electron chi connectivity index (χ3n) is 7.32. The van der Waals surface area contributed by atoms with Crippen molar-refractivity contribution in [2.45, 2.75) is 0 Å². The Kier molecular flexibility index (Phi) is 2.97. The van der Waals surface area contributed by atoms with Crippen molar-refractivity contribution in [2.24, 2.45) is 0 Å². The zero-order valence-corrected chi connectivity index (χ0v) is 17.4. The van der Waals surface area contributed by atoms with Gasteiger partial charge in [0.25, 0.3) is 0 Å². The molecule has 0 fully saturated rings. The van der Waals surface area contributed by atoms with E-state index in [-0.39, 0.29) is 0 Å². The third-order valence-corrected chi connectivity index (χ3v) is 7.32. The van der Waals surface area contributed by atoms with Crippen LogP contribution in [0.2, 0.25) is 0 Å². The minimum atomic E-state index is 1.29. The molecule has 0 spiro atoms. The lowest BCUT2D eigenvalue weighted by molar-refractivity contribution is 1.64. The van der Waals surface area contributed by atoms with Crippen molar-refractivity contribution in [2.75, 3.05) is 0 Å². The van der Waals surface area contributed by atoms with E-state index in [1.807, 2.05) is 0 Å². The van der Waals surface area contributed by atoms with Crippen LogP contribution in [0.15, 0.2) is 109 Å². The molecule has 2 aliphatic rings. The van der Waals surface area contributed by atoms with Gasteiger partial charge in [0, 0.05) is 0 Å². The third kappa shape index (κ3) is 1.93. The maximum absolute atomic E-state index is 2.41. The molecule has 0 unspecified atom stereocenters. The normalized spacial score (nSPS) is 12.4. The van der Waals surface area contributed by atoms with Crippen molar-refractivity contribution in [1.82, 2.24) is 0 Å². The van der Waals surface area contributed by atoms with Gasteiger partial charge in [-0.3, -0.25) is 0 Å². The number of rotatable bonds is 1. The smallest absolute Gasteiger partial charge is 0.00201 e. The van der Waals surface area contributed by atoms with Crippen molar-refractivity contribution in [3.8, 4) is 55.6 Å². The molecule has 0 heteroatoms. The van der Waals surface area contributed by atoms with Gasteiger partial charge in [-0.15, -0.1) is 0 Å². The van der Waals surface area contributed by atoms with Crippen molar-refractivity contribution >= 4 is 21.5 Å². The largest absolute Gasteiger partial charge is 0.0616 e. The van der Waals surface area contributed by atoms with Crippen LogP contribution in [0.25, 0.3) is 77.2 Å². The summed E-state index contributed by atoms with van der Waals surface area (Å²) in [5, 5.41) is 5.40. The second kappa shape index (κ2) is 5.75. The highest BCUT2D eigenvalue weighted by atomic mass is 14.3. The molecule has 0 aromatic heterocycles. The number of hydrogen-bond acceptors (Lipinski definition) is 0. The molecular weight excluding hydrogens is 384 g/mol. The lowest BCUT2D eigenvalue weighted by atomic mass is 9.90. The monoisotopic (exact) mass is 402 g/mol. The SMILES string of the molecule is c1ccc2c(c1)-c1cccc3cc(-c4cccc5c4-c4cccc6cccc-5c46)cc-2c13. The fraction of sp³-hybridized carbons (Fsp3) is 0. The Morgan fingerprint density at radius 1 is 0.312 bits per heavy atom. The molecule has 2 aliphatic carbocycles. The first-order valence-electron chi connectivity index (χ1n) is 11.2. The van der Waals surface area contributed by atoms with Crippen LogP contribution in [0.1, 0.15) is 0 Å². The summed E-state index contributed by atoms with van der Waals surface area (Å²) in [5.41, 5.74) is 13.4. The van der Waals surface area contributed by atoms with Gasteiger partial charge in [-0.2, -0.15) is 0 Å². The van der Waals surface area contributed by atoms with Crippen LogP contribution in [0.3, 0.4) is 0 Å². The summed E-state index contributed by atoms with van der Waals surface area (Å²) < 4.78 is 0. The van der Waals surface area contributed by atoms with Crippen LogP contribution in [-0.2, 0) is 0 Å². The number of fused-ring (bicyclic) bond motifs is 6. The van der Waals surface area contributed by atoms with E-state index in [9.17, 15) is 0 Å². The van der Waals surface area contributed by atoms with Crippen LogP contribution in [0.5, 0.6) is 0 Å². The quantitative estimate of drug-likeness (QED) is 0.257. The van der Waals surface area contributed by atoms with Crippen molar-refractivity contribution < 1.29 is 0 Å². The van der Waals surface area contributed by atoms with Gasteiger partial charge >= 0.3 is 0 Å². The lowest BCUT2D eigenvalue weighted by Crippen LogP contribution is -1.87. The molecular formula is C32H18. The zero-order valence-electron chi connectivity index (χ0n) is 17.4. The minimum absolute atomic E-state index is 1.29. The van der Waals surface area contributed by atoms with E-state index in [1.54, 1.807) is 0 Å². The Hall–Kier alpha value is -4.16. The van der Waals surface area contributed by atoms with Gasteiger partial charge in [0.1, 0.15) is 0 Å². The second-order valence-corrected chi connectivity index (χ2v) is 8.91. The summed E-state index contributed by atoms with van der Waals surface area (Å²) in [6.45, 7) is 0. The molecule has 0 saturated carbocycles. The molecule has 0 amide bonds. The molecule has 0 saturated heterocycles. The first-order valence-corrected chi connectivity index (χ1v) is 11.2. The standard InChI is InChI=1S/C32H18/c1-2-11-24-23(10-1)25-13-5-9-20-17-21(18-29(24)31(20)25)22-12-6-15-27-26-14-3-7-19-8-4-16-28(30(19)26)32(22)27/h1-18H. The molecule has 146 valence electrons.